The van der Waals surface area contributed by atoms with Crippen molar-refractivity contribution in [1.29, 1.82) is 0 Å². The Balaban J connectivity index is 0.00000289. The first-order valence-corrected chi connectivity index (χ1v) is 10.6. The van der Waals surface area contributed by atoms with E-state index in [1.165, 1.54) is 48.4 Å². The van der Waals surface area contributed by atoms with Crippen LogP contribution in [0.2, 0.25) is 0 Å². The molecule has 164 valence electrons. The predicted octanol–water partition coefficient (Wildman–Crippen LogP) is 4.82. The van der Waals surface area contributed by atoms with Crippen LogP contribution in [0.15, 0.2) is 36.4 Å². The first-order chi connectivity index (χ1) is 15.0. The van der Waals surface area contributed by atoms with Gasteiger partial charge in [0.15, 0.2) is 17.5 Å². The van der Waals surface area contributed by atoms with E-state index in [0.29, 0.717) is 35.8 Å². The van der Waals surface area contributed by atoms with E-state index in [4.69, 9.17) is 0 Å². The fourth-order valence-corrected chi connectivity index (χ4v) is 4.22. The van der Waals surface area contributed by atoms with Gasteiger partial charge in [-0.25, -0.2) is 13.5 Å². The monoisotopic (exact) mass is 427 g/mol. The number of hydrogen-bond acceptors (Lipinski definition) is 4. The number of aryl methyl sites for hydroxylation is 3. The number of amides is 1. The third-order valence-electron chi connectivity index (χ3n) is 5.98. The number of carbonyl (C=O) groups excluding carboxylic acids is 1. The van der Waals surface area contributed by atoms with Gasteiger partial charge in [-0.1, -0.05) is 37.5 Å². The predicted molar refractivity (Wildman–Crippen MR) is 115 cm³/mol. The van der Waals surface area contributed by atoms with E-state index in [9.17, 15) is 13.6 Å². The van der Waals surface area contributed by atoms with Crippen molar-refractivity contribution in [3.8, 4) is 0 Å². The second-order valence-corrected chi connectivity index (χ2v) is 8.03. The standard InChI is InChI=1S/C23H25F2N5O.H2/c1-30-20(27-28-29-30)14-10-17-9-13-19(24)22(25)21(17)23(31)26-18-11-7-16(8-12-18)15-5-3-2-4-6-15;/h7-9,11-13,15H,2-6,10,14H2,1H3,(H,26,31);1H. The molecule has 1 aromatic heterocycles. The molecule has 1 aliphatic rings. The summed E-state index contributed by atoms with van der Waals surface area (Å²) in [6.45, 7) is 0. The summed E-state index contributed by atoms with van der Waals surface area (Å²) in [7, 11) is 1.70. The molecule has 6 nitrogen and oxygen atoms in total. The first kappa shape index (κ1) is 21.1. The molecule has 1 saturated carbocycles. The van der Waals surface area contributed by atoms with Gasteiger partial charge in [-0.15, -0.1) is 5.10 Å². The van der Waals surface area contributed by atoms with Crippen LogP contribution in [-0.2, 0) is 19.9 Å². The van der Waals surface area contributed by atoms with Crippen molar-refractivity contribution in [3.63, 3.8) is 0 Å². The molecular weight excluding hydrogens is 400 g/mol. The Labute approximate surface area is 181 Å². The Morgan fingerprint density at radius 1 is 1.10 bits per heavy atom. The van der Waals surface area contributed by atoms with Crippen LogP contribution in [0, 0.1) is 11.6 Å². The smallest absolute Gasteiger partial charge is 0.259 e. The molecule has 2 aromatic carbocycles. The molecule has 0 aliphatic heterocycles. The van der Waals surface area contributed by atoms with Crippen LogP contribution in [0.4, 0.5) is 14.5 Å². The van der Waals surface area contributed by atoms with Gasteiger partial charge in [-0.3, -0.25) is 4.79 Å². The third-order valence-corrected chi connectivity index (χ3v) is 5.98. The number of tetrazole rings is 1. The molecule has 0 radical (unpaired) electrons. The van der Waals surface area contributed by atoms with Gasteiger partial charge in [0.2, 0.25) is 0 Å². The van der Waals surface area contributed by atoms with E-state index in [1.807, 2.05) is 24.3 Å². The summed E-state index contributed by atoms with van der Waals surface area (Å²) in [6, 6.07) is 10.1. The maximum Gasteiger partial charge on any atom is 0.259 e. The molecule has 0 spiro atoms. The summed E-state index contributed by atoms with van der Waals surface area (Å²) in [6.07, 6.45) is 6.85. The molecule has 0 bridgehead atoms. The van der Waals surface area contributed by atoms with Crippen molar-refractivity contribution >= 4 is 11.6 Å². The molecule has 8 heteroatoms. The topological polar surface area (TPSA) is 72.7 Å². The molecule has 31 heavy (non-hydrogen) atoms. The van der Waals surface area contributed by atoms with Crippen LogP contribution in [0.3, 0.4) is 0 Å². The van der Waals surface area contributed by atoms with E-state index in [-0.39, 0.29) is 6.99 Å². The summed E-state index contributed by atoms with van der Waals surface area (Å²) in [5.74, 6) is -1.73. The zero-order chi connectivity index (χ0) is 21.8. The van der Waals surface area contributed by atoms with Crippen molar-refractivity contribution in [1.82, 2.24) is 20.2 Å². The molecule has 1 aliphatic carbocycles. The van der Waals surface area contributed by atoms with E-state index in [1.54, 1.807) is 7.05 Å². The summed E-state index contributed by atoms with van der Waals surface area (Å²) >= 11 is 0. The number of aromatic nitrogens is 4. The highest BCUT2D eigenvalue weighted by Gasteiger charge is 2.21. The van der Waals surface area contributed by atoms with Crippen molar-refractivity contribution in [3.05, 3.63) is 70.5 Å². The second kappa shape index (κ2) is 9.32. The Bertz CT molecular complexity index is 1060. The average Bonchev–Trinajstić information content (AvgIpc) is 3.20. The van der Waals surface area contributed by atoms with Crippen LogP contribution in [0.1, 0.15) is 66.8 Å². The lowest BCUT2D eigenvalue weighted by Gasteiger charge is -2.22. The lowest BCUT2D eigenvalue weighted by molar-refractivity contribution is 0.102. The molecule has 1 heterocycles. The molecule has 1 N–H and O–H groups in total. The minimum absolute atomic E-state index is 0. The Morgan fingerprint density at radius 2 is 1.84 bits per heavy atom. The molecular formula is C23H27F2N5O. The third kappa shape index (κ3) is 4.78. The number of nitrogens with one attached hydrogen (secondary N) is 1. The minimum Gasteiger partial charge on any atom is -0.322 e. The summed E-state index contributed by atoms with van der Waals surface area (Å²) < 4.78 is 30.0. The number of carbonyl (C=O) groups is 1. The fraction of sp³-hybridized carbons (Fsp3) is 0.391. The lowest BCUT2D eigenvalue weighted by atomic mass is 9.84. The average molecular weight is 427 g/mol. The van der Waals surface area contributed by atoms with E-state index < -0.39 is 17.5 Å². The number of benzene rings is 2. The lowest BCUT2D eigenvalue weighted by Crippen LogP contribution is -2.18. The number of anilines is 1. The van der Waals surface area contributed by atoms with Crippen molar-refractivity contribution in [2.45, 2.75) is 50.9 Å². The van der Waals surface area contributed by atoms with Crippen molar-refractivity contribution in [2.24, 2.45) is 7.05 Å². The Morgan fingerprint density at radius 3 is 2.52 bits per heavy atom. The molecule has 3 aromatic rings. The highest BCUT2D eigenvalue weighted by atomic mass is 19.2. The van der Waals surface area contributed by atoms with Gasteiger partial charge in [0.05, 0.1) is 5.56 Å². The summed E-state index contributed by atoms with van der Waals surface area (Å²) in [5.41, 5.74) is 1.92. The van der Waals surface area contributed by atoms with Gasteiger partial charge < -0.3 is 5.32 Å². The quantitative estimate of drug-likeness (QED) is 0.612. The zero-order valence-corrected chi connectivity index (χ0v) is 17.4. The Hall–Kier alpha value is -3.16. The van der Waals surface area contributed by atoms with Crippen LogP contribution in [0.5, 0.6) is 0 Å². The van der Waals surface area contributed by atoms with Gasteiger partial charge >= 0.3 is 0 Å². The van der Waals surface area contributed by atoms with Gasteiger partial charge in [0, 0.05) is 20.6 Å². The van der Waals surface area contributed by atoms with E-state index in [2.05, 4.69) is 20.8 Å². The number of nitrogens with zero attached hydrogens (tertiary/aromatic N) is 4. The van der Waals surface area contributed by atoms with E-state index >= 15 is 0 Å². The molecule has 1 amide bonds. The highest BCUT2D eigenvalue weighted by Crippen LogP contribution is 2.33. The van der Waals surface area contributed by atoms with Gasteiger partial charge in [0.1, 0.15) is 0 Å². The molecule has 0 unspecified atom stereocenters. The second-order valence-electron chi connectivity index (χ2n) is 8.03. The van der Waals surface area contributed by atoms with Gasteiger partial charge in [-0.05, 0) is 64.9 Å². The van der Waals surface area contributed by atoms with E-state index in [0.717, 1.165) is 6.07 Å². The normalized spacial score (nSPS) is 14.5. The molecule has 0 atom stereocenters. The van der Waals surface area contributed by atoms with Crippen LogP contribution >= 0.6 is 0 Å². The highest BCUT2D eigenvalue weighted by molar-refractivity contribution is 6.05. The first-order valence-electron chi connectivity index (χ1n) is 10.6. The van der Waals surface area contributed by atoms with Crippen molar-refractivity contribution < 1.29 is 15.0 Å². The zero-order valence-electron chi connectivity index (χ0n) is 17.4. The maximum atomic E-state index is 14.6. The largest absolute Gasteiger partial charge is 0.322 e. The Kier molecular flexibility index (Phi) is 6.34. The number of hydrogen-bond donors (Lipinski definition) is 1. The number of rotatable bonds is 6. The SMILES string of the molecule is Cn1nnnc1CCc1ccc(F)c(F)c1C(=O)Nc1ccc(C2CCCCC2)cc1.[HH]. The van der Waals surface area contributed by atoms with Gasteiger partial charge in [0.25, 0.3) is 5.91 Å². The van der Waals surface area contributed by atoms with Crippen LogP contribution in [-0.4, -0.2) is 26.1 Å². The summed E-state index contributed by atoms with van der Waals surface area (Å²) in [5, 5.41) is 13.9. The number of halogens is 2. The maximum absolute atomic E-state index is 14.6. The summed E-state index contributed by atoms with van der Waals surface area (Å²) in [4.78, 5) is 12.9. The molecule has 1 fully saturated rings. The fourth-order valence-electron chi connectivity index (χ4n) is 4.22. The molecule has 0 saturated heterocycles. The van der Waals surface area contributed by atoms with Crippen LogP contribution < -0.4 is 5.32 Å². The molecule has 4 rings (SSSR count). The van der Waals surface area contributed by atoms with Crippen molar-refractivity contribution in [2.75, 3.05) is 5.32 Å². The minimum atomic E-state index is -1.15. The van der Waals surface area contributed by atoms with Gasteiger partial charge in [-0.2, -0.15) is 0 Å². The van der Waals surface area contributed by atoms with Crippen LogP contribution in [0.25, 0.3) is 0 Å².